The fourth-order valence-electron chi connectivity index (χ4n) is 2.59. The zero-order valence-corrected chi connectivity index (χ0v) is 14.8. The summed E-state index contributed by atoms with van der Waals surface area (Å²) in [6.45, 7) is 0. The SMILES string of the molecule is COc1cc(-c2nnc(-c3ccc[n+]([O-])c3C(F)(F)F)o2)cc([N+](=O)[O-])c1OC. The molecule has 10 nitrogen and oxygen atoms in total. The fourth-order valence-corrected chi connectivity index (χ4v) is 2.59. The molecule has 0 bridgehead atoms. The summed E-state index contributed by atoms with van der Waals surface area (Å²) in [6.07, 6.45) is -4.30. The molecule has 0 saturated carbocycles. The summed E-state index contributed by atoms with van der Waals surface area (Å²) in [7, 11) is 2.46. The van der Waals surface area contributed by atoms with Crippen LogP contribution in [0.2, 0.25) is 0 Å². The van der Waals surface area contributed by atoms with Gasteiger partial charge in [-0.1, -0.05) is 0 Å². The average molecular weight is 412 g/mol. The molecule has 0 amide bonds. The third-order valence-electron chi connectivity index (χ3n) is 3.79. The molecule has 29 heavy (non-hydrogen) atoms. The molecule has 0 spiro atoms. The predicted octanol–water partition coefficient (Wildman–Crippen LogP) is 2.98. The lowest BCUT2D eigenvalue weighted by atomic mass is 10.1. The van der Waals surface area contributed by atoms with Crippen molar-refractivity contribution >= 4 is 5.69 Å². The van der Waals surface area contributed by atoms with Crippen molar-refractivity contribution in [2.24, 2.45) is 0 Å². The molecule has 3 rings (SSSR count). The molecule has 1 aromatic carbocycles. The van der Waals surface area contributed by atoms with Crippen LogP contribution < -0.4 is 14.2 Å². The van der Waals surface area contributed by atoms with E-state index >= 15 is 0 Å². The number of methoxy groups -OCH3 is 2. The number of benzene rings is 1. The average Bonchev–Trinajstić information content (AvgIpc) is 3.15. The number of hydrogen-bond acceptors (Lipinski definition) is 8. The lowest BCUT2D eigenvalue weighted by Gasteiger charge is -2.10. The first-order chi connectivity index (χ1) is 13.7. The number of pyridine rings is 1. The number of nitro groups is 1. The molecule has 0 atom stereocenters. The van der Waals surface area contributed by atoms with E-state index in [9.17, 15) is 28.5 Å². The van der Waals surface area contributed by atoms with Crippen LogP contribution in [0.5, 0.6) is 11.5 Å². The van der Waals surface area contributed by atoms with Crippen LogP contribution in [0.1, 0.15) is 5.69 Å². The molecule has 0 aliphatic carbocycles. The Bertz CT molecular complexity index is 1080. The second-order valence-corrected chi connectivity index (χ2v) is 5.49. The van der Waals surface area contributed by atoms with Crippen molar-refractivity contribution in [2.45, 2.75) is 6.18 Å². The summed E-state index contributed by atoms with van der Waals surface area (Å²) in [4.78, 5) is 10.6. The van der Waals surface area contributed by atoms with Crippen molar-refractivity contribution in [2.75, 3.05) is 14.2 Å². The maximum atomic E-state index is 13.2. The number of halogens is 3. The van der Waals surface area contributed by atoms with Crippen molar-refractivity contribution in [3.8, 4) is 34.4 Å². The largest absolute Gasteiger partial charge is 0.618 e. The van der Waals surface area contributed by atoms with Gasteiger partial charge in [-0.05, 0) is 12.1 Å². The first-order valence-corrected chi connectivity index (χ1v) is 7.71. The van der Waals surface area contributed by atoms with Crippen molar-refractivity contribution in [3.05, 3.63) is 51.5 Å². The van der Waals surface area contributed by atoms with Crippen molar-refractivity contribution in [1.82, 2.24) is 10.2 Å². The van der Waals surface area contributed by atoms with Gasteiger partial charge in [0.05, 0.1) is 19.1 Å². The third kappa shape index (κ3) is 3.61. The van der Waals surface area contributed by atoms with Gasteiger partial charge >= 0.3 is 17.6 Å². The van der Waals surface area contributed by atoms with Crippen LogP contribution in [0.25, 0.3) is 22.9 Å². The zero-order valence-electron chi connectivity index (χ0n) is 14.8. The number of nitrogens with zero attached hydrogens (tertiary/aromatic N) is 4. The highest BCUT2D eigenvalue weighted by atomic mass is 19.4. The van der Waals surface area contributed by atoms with E-state index < -0.39 is 33.9 Å². The molecule has 0 unspecified atom stereocenters. The van der Waals surface area contributed by atoms with E-state index in [2.05, 4.69) is 10.2 Å². The Morgan fingerprint density at radius 2 is 1.86 bits per heavy atom. The van der Waals surface area contributed by atoms with E-state index in [-0.39, 0.29) is 27.7 Å². The van der Waals surface area contributed by atoms with Crippen LogP contribution in [-0.4, -0.2) is 29.3 Å². The molecular weight excluding hydrogens is 401 g/mol. The van der Waals surface area contributed by atoms with E-state index in [0.717, 1.165) is 18.2 Å². The number of ether oxygens (including phenoxy) is 2. The Balaban J connectivity index is 2.15. The summed E-state index contributed by atoms with van der Waals surface area (Å²) in [6, 6.07) is 4.41. The molecule has 0 saturated heterocycles. The predicted molar refractivity (Wildman–Crippen MR) is 88.9 cm³/mol. The van der Waals surface area contributed by atoms with Crippen LogP contribution in [0.4, 0.5) is 18.9 Å². The molecule has 0 aliphatic rings. The molecule has 0 aliphatic heterocycles. The number of rotatable bonds is 5. The highest BCUT2D eigenvalue weighted by molar-refractivity contribution is 5.69. The Morgan fingerprint density at radius 1 is 1.17 bits per heavy atom. The Kier molecular flexibility index (Phi) is 4.97. The third-order valence-corrected chi connectivity index (χ3v) is 3.79. The quantitative estimate of drug-likeness (QED) is 0.271. The van der Waals surface area contributed by atoms with Gasteiger partial charge in [0.1, 0.15) is 5.56 Å². The fraction of sp³-hybridized carbons (Fsp3) is 0.188. The lowest BCUT2D eigenvalue weighted by molar-refractivity contribution is -0.628. The van der Waals surface area contributed by atoms with Gasteiger partial charge < -0.3 is 19.1 Å². The van der Waals surface area contributed by atoms with Crippen molar-refractivity contribution < 1.29 is 36.7 Å². The second-order valence-electron chi connectivity index (χ2n) is 5.49. The highest BCUT2D eigenvalue weighted by Crippen LogP contribution is 2.41. The second kappa shape index (κ2) is 7.26. The Labute approximate surface area is 159 Å². The molecule has 0 N–H and O–H groups in total. The smallest absolute Gasteiger partial charge is 0.479 e. The minimum atomic E-state index is -4.98. The summed E-state index contributed by atoms with van der Waals surface area (Å²) in [5.74, 6) is -1.09. The van der Waals surface area contributed by atoms with Gasteiger partial charge in [0, 0.05) is 17.7 Å². The first-order valence-electron chi connectivity index (χ1n) is 7.71. The van der Waals surface area contributed by atoms with E-state index in [4.69, 9.17) is 13.9 Å². The van der Waals surface area contributed by atoms with Crippen LogP contribution in [0.15, 0.2) is 34.9 Å². The number of nitro benzene ring substituents is 1. The maximum Gasteiger partial charge on any atom is 0.479 e. The number of alkyl halides is 3. The van der Waals surface area contributed by atoms with Gasteiger partial charge in [-0.25, -0.2) is 0 Å². The summed E-state index contributed by atoms with van der Waals surface area (Å²) in [5, 5.41) is 30.1. The number of hydrogen-bond donors (Lipinski definition) is 0. The molecule has 2 aromatic heterocycles. The first kappa shape index (κ1) is 19.9. The van der Waals surface area contributed by atoms with Gasteiger partial charge in [-0.15, -0.1) is 10.2 Å². The number of aromatic nitrogens is 3. The topological polar surface area (TPSA) is 127 Å². The van der Waals surface area contributed by atoms with E-state index in [1.165, 1.54) is 20.3 Å². The van der Waals surface area contributed by atoms with Crippen LogP contribution >= 0.6 is 0 Å². The van der Waals surface area contributed by atoms with E-state index in [1.807, 2.05) is 0 Å². The summed E-state index contributed by atoms with van der Waals surface area (Å²) < 4.78 is 54.6. The van der Waals surface area contributed by atoms with Crippen molar-refractivity contribution in [1.29, 1.82) is 0 Å². The molecule has 0 radical (unpaired) electrons. The molecule has 0 fully saturated rings. The normalized spacial score (nSPS) is 11.3. The van der Waals surface area contributed by atoms with E-state index in [0.29, 0.717) is 6.20 Å². The van der Waals surface area contributed by atoms with Crippen LogP contribution in [0.3, 0.4) is 0 Å². The van der Waals surface area contributed by atoms with Crippen molar-refractivity contribution in [3.63, 3.8) is 0 Å². The van der Waals surface area contributed by atoms with Gasteiger partial charge in [0.25, 0.3) is 5.89 Å². The van der Waals surface area contributed by atoms with Crippen LogP contribution in [-0.2, 0) is 6.18 Å². The van der Waals surface area contributed by atoms with Gasteiger partial charge in [-0.2, -0.15) is 17.9 Å². The standard InChI is InChI=1S/C16H11F3N4O6/c1-27-11-7-8(6-10(23(25)26)12(11)28-2)14-20-21-15(29-14)9-4-3-5-22(24)13(9)16(17,18)19/h3-7H,1-2H3. The van der Waals surface area contributed by atoms with Crippen LogP contribution in [0, 0.1) is 15.3 Å². The molecule has 13 heteroatoms. The lowest BCUT2D eigenvalue weighted by Crippen LogP contribution is -2.37. The van der Waals surface area contributed by atoms with Gasteiger partial charge in [0.2, 0.25) is 11.6 Å². The highest BCUT2D eigenvalue weighted by Gasteiger charge is 2.44. The Hall–Kier alpha value is -3.90. The minimum Gasteiger partial charge on any atom is -0.618 e. The molecular formula is C16H11F3N4O6. The van der Waals surface area contributed by atoms with Gasteiger partial charge in [0.15, 0.2) is 11.9 Å². The summed E-state index contributed by atoms with van der Waals surface area (Å²) in [5.41, 5.74) is -2.64. The zero-order chi connectivity index (χ0) is 21.3. The van der Waals surface area contributed by atoms with Gasteiger partial charge in [-0.3, -0.25) is 10.1 Å². The maximum absolute atomic E-state index is 13.2. The monoisotopic (exact) mass is 412 g/mol. The molecule has 152 valence electrons. The Morgan fingerprint density at radius 3 is 2.45 bits per heavy atom. The molecule has 2 heterocycles. The molecule has 3 aromatic rings. The minimum absolute atomic E-state index is 0.00703. The summed E-state index contributed by atoms with van der Waals surface area (Å²) >= 11 is 0. The van der Waals surface area contributed by atoms with E-state index in [1.54, 1.807) is 0 Å².